The zero-order chi connectivity index (χ0) is 18.9. The van der Waals surface area contributed by atoms with Crippen molar-refractivity contribution in [1.82, 2.24) is 14.6 Å². The van der Waals surface area contributed by atoms with Crippen LogP contribution in [0.5, 0.6) is 0 Å². The van der Waals surface area contributed by atoms with E-state index in [0.29, 0.717) is 23.5 Å². The van der Waals surface area contributed by atoms with Gasteiger partial charge in [-0.05, 0) is 55.4 Å². The van der Waals surface area contributed by atoms with E-state index in [9.17, 15) is 13.2 Å². The van der Waals surface area contributed by atoms with Gasteiger partial charge in [-0.15, -0.1) is 0 Å². The molecule has 1 aliphatic carbocycles. The zero-order valence-corrected chi connectivity index (χ0v) is 15.9. The van der Waals surface area contributed by atoms with Gasteiger partial charge in [0, 0.05) is 31.5 Å². The number of piperidine rings is 1. The molecule has 1 aromatic heterocycles. The number of carbonyl (C=O) groups is 1. The Kier molecular flexibility index (Phi) is 4.74. The number of benzene rings is 1. The first-order valence-electron chi connectivity index (χ1n) is 9.27. The highest BCUT2D eigenvalue weighted by Crippen LogP contribution is 2.49. The van der Waals surface area contributed by atoms with Gasteiger partial charge in [0.25, 0.3) is 5.91 Å². The molecule has 1 spiro atoms. The molecule has 1 saturated heterocycles. The fourth-order valence-electron chi connectivity index (χ4n) is 4.16. The lowest BCUT2D eigenvalue weighted by atomic mass is 9.59. The summed E-state index contributed by atoms with van der Waals surface area (Å²) in [4.78, 5) is 18.8. The predicted octanol–water partition coefficient (Wildman–Crippen LogP) is 2.44. The smallest absolute Gasteiger partial charge is 0.255 e. The van der Waals surface area contributed by atoms with Crippen molar-refractivity contribution in [2.24, 2.45) is 5.41 Å². The number of amides is 1. The Hall–Kier alpha value is -2.25. The zero-order valence-electron chi connectivity index (χ0n) is 15.0. The summed E-state index contributed by atoms with van der Waals surface area (Å²) in [6.07, 6.45) is 6.74. The molecule has 0 bridgehead atoms. The first kappa shape index (κ1) is 18.1. The first-order valence-corrected chi connectivity index (χ1v) is 10.8. The number of aromatic nitrogens is 1. The Morgan fingerprint density at radius 3 is 2.41 bits per heavy atom. The standard InChI is InChI=1S/C20H23N3O3S/c24-19(16-5-4-12-21-15-16)23-13-10-20(11-14-23)9-8-18(20)22-27(25,26)17-6-2-1-3-7-17/h1-7,12,15,18,22H,8-11,13-14H2/t18-/m0/s1. The number of sulfonamides is 1. The molecule has 1 saturated carbocycles. The summed E-state index contributed by atoms with van der Waals surface area (Å²) in [5.41, 5.74) is 0.566. The van der Waals surface area contributed by atoms with E-state index >= 15 is 0 Å². The Labute approximate surface area is 159 Å². The monoisotopic (exact) mass is 385 g/mol. The number of hydrogen-bond acceptors (Lipinski definition) is 4. The highest BCUT2D eigenvalue weighted by atomic mass is 32.2. The average Bonchev–Trinajstić information content (AvgIpc) is 2.72. The van der Waals surface area contributed by atoms with Crippen molar-refractivity contribution in [3.05, 3.63) is 60.4 Å². The second-order valence-corrected chi connectivity index (χ2v) is 9.14. The van der Waals surface area contributed by atoms with E-state index in [2.05, 4.69) is 9.71 Å². The first-order chi connectivity index (χ1) is 13.0. The second-order valence-electron chi connectivity index (χ2n) is 7.42. The highest BCUT2D eigenvalue weighted by molar-refractivity contribution is 7.89. The summed E-state index contributed by atoms with van der Waals surface area (Å²) in [5, 5.41) is 0. The molecule has 6 nitrogen and oxygen atoms in total. The van der Waals surface area contributed by atoms with E-state index in [1.807, 2.05) is 4.90 Å². The van der Waals surface area contributed by atoms with Crippen LogP contribution in [0.4, 0.5) is 0 Å². The van der Waals surface area contributed by atoms with E-state index < -0.39 is 10.0 Å². The van der Waals surface area contributed by atoms with Gasteiger partial charge in [0.1, 0.15) is 0 Å². The van der Waals surface area contributed by atoms with E-state index in [1.165, 1.54) is 0 Å². The quantitative estimate of drug-likeness (QED) is 0.877. The highest BCUT2D eigenvalue weighted by Gasteiger charge is 2.50. The lowest BCUT2D eigenvalue weighted by molar-refractivity contribution is 0.00508. The Balaban J connectivity index is 1.41. The van der Waals surface area contributed by atoms with Gasteiger partial charge in [-0.1, -0.05) is 18.2 Å². The molecule has 7 heteroatoms. The molecule has 0 radical (unpaired) electrons. The summed E-state index contributed by atoms with van der Waals surface area (Å²) in [7, 11) is -3.51. The number of nitrogens with one attached hydrogen (secondary N) is 1. The van der Waals surface area contributed by atoms with Gasteiger partial charge in [0.15, 0.2) is 0 Å². The molecule has 1 aliphatic heterocycles. The number of rotatable bonds is 4. The van der Waals surface area contributed by atoms with Gasteiger partial charge < -0.3 is 4.90 Å². The van der Waals surface area contributed by atoms with Crippen LogP contribution in [-0.4, -0.2) is 43.3 Å². The van der Waals surface area contributed by atoms with Crippen LogP contribution in [-0.2, 0) is 10.0 Å². The predicted molar refractivity (Wildman–Crippen MR) is 102 cm³/mol. The molecule has 0 unspecified atom stereocenters. The molecule has 1 N–H and O–H groups in total. The van der Waals surface area contributed by atoms with Crippen molar-refractivity contribution >= 4 is 15.9 Å². The molecule has 142 valence electrons. The molecule has 2 aliphatic rings. The minimum atomic E-state index is -3.51. The Bertz CT molecular complexity index is 908. The van der Waals surface area contributed by atoms with Gasteiger partial charge >= 0.3 is 0 Å². The number of pyridine rings is 1. The molecule has 2 heterocycles. The van der Waals surface area contributed by atoms with E-state index in [-0.39, 0.29) is 17.4 Å². The molecule has 1 aromatic carbocycles. The fourth-order valence-corrected chi connectivity index (χ4v) is 5.56. The number of likely N-dealkylation sites (tertiary alicyclic amines) is 1. The van der Waals surface area contributed by atoms with Gasteiger partial charge in [0.2, 0.25) is 10.0 Å². The van der Waals surface area contributed by atoms with Gasteiger partial charge in [-0.3, -0.25) is 9.78 Å². The van der Waals surface area contributed by atoms with E-state index in [0.717, 1.165) is 25.7 Å². The van der Waals surface area contributed by atoms with Crippen molar-refractivity contribution in [2.45, 2.75) is 36.6 Å². The van der Waals surface area contributed by atoms with Crippen LogP contribution in [0.1, 0.15) is 36.0 Å². The van der Waals surface area contributed by atoms with Gasteiger partial charge in [-0.2, -0.15) is 0 Å². The molecule has 1 amide bonds. The number of nitrogens with zero attached hydrogens (tertiary/aromatic N) is 2. The molecular weight excluding hydrogens is 362 g/mol. The van der Waals surface area contributed by atoms with Crippen molar-refractivity contribution in [2.75, 3.05) is 13.1 Å². The van der Waals surface area contributed by atoms with E-state index in [4.69, 9.17) is 0 Å². The van der Waals surface area contributed by atoms with Crippen molar-refractivity contribution < 1.29 is 13.2 Å². The van der Waals surface area contributed by atoms with Crippen molar-refractivity contribution in [1.29, 1.82) is 0 Å². The van der Waals surface area contributed by atoms with Crippen LogP contribution >= 0.6 is 0 Å². The van der Waals surface area contributed by atoms with Crippen molar-refractivity contribution in [3.8, 4) is 0 Å². The maximum absolute atomic E-state index is 12.6. The molecule has 4 rings (SSSR count). The SMILES string of the molecule is O=C(c1cccnc1)N1CCC2(CC[C@@H]2NS(=O)(=O)c2ccccc2)CC1. The molecule has 2 fully saturated rings. The normalized spacial score (nSPS) is 21.6. The topological polar surface area (TPSA) is 79.4 Å². The minimum Gasteiger partial charge on any atom is -0.339 e. The maximum atomic E-state index is 12.6. The lowest BCUT2D eigenvalue weighted by Crippen LogP contribution is -2.59. The summed E-state index contributed by atoms with van der Waals surface area (Å²) in [6.45, 7) is 1.30. The Morgan fingerprint density at radius 1 is 1.07 bits per heavy atom. The van der Waals surface area contributed by atoms with Crippen molar-refractivity contribution in [3.63, 3.8) is 0 Å². The van der Waals surface area contributed by atoms with Crippen LogP contribution < -0.4 is 4.72 Å². The molecule has 27 heavy (non-hydrogen) atoms. The molecule has 1 atom stereocenters. The van der Waals surface area contributed by atoms with Crippen LogP contribution in [0.25, 0.3) is 0 Å². The summed E-state index contributed by atoms with van der Waals surface area (Å²) < 4.78 is 28.2. The minimum absolute atomic E-state index is 0.00121. The van der Waals surface area contributed by atoms with Crippen LogP contribution in [0.3, 0.4) is 0 Å². The van der Waals surface area contributed by atoms with Gasteiger partial charge in [-0.25, -0.2) is 13.1 Å². The van der Waals surface area contributed by atoms with Crippen LogP contribution in [0.2, 0.25) is 0 Å². The second kappa shape index (κ2) is 7.05. The maximum Gasteiger partial charge on any atom is 0.255 e. The Morgan fingerprint density at radius 2 is 1.81 bits per heavy atom. The third-order valence-corrected chi connectivity index (χ3v) is 7.46. The lowest BCUT2D eigenvalue weighted by Gasteiger charge is -2.53. The fraction of sp³-hybridized carbons (Fsp3) is 0.400. The summed E-state index contributed by atoms with van der Waals surface area (Å²) in [5.74, 6) is -0.00121. The van der Waals surface area contributed by atoms with Gasteiger partial charge in [0.05, 0.1) is 10.5 Å². The molecular formula is C20H23N3O3S. The van der Waals surface area contributed by atoms with Crippen LogP contribution in [0.15, 0.2) is 59.8 Å². The molecule has 2 aromatic rings. The third-order valence-electron chi connectivity index (χ3n) is 5.98. The largest absolute Gasteiger partial charge is 0.339 e. The summed E-state index contributed by atoms with van der Waals surface area (Å²) in [6, 6.07) is 12.0. The number of carbonyl (C=O) groups excluding carboxylic acids is 1. The number of hydrogen-bond donors (Lipinski definition) is 1. The third kappa shape index (κ3) is 3.49. The van der Waals surface area contributed by atoms with E-state index in [1.54, 1.807) is 54.9 Å². The summed E-state index contributed by atoms with van der Waals surface area (Å²) >= 11 is 0. The van der Waals surface area contributed by atoms with Crippen LogP contribution in [0, 0.1) is 5.41 Å². The average molecular weight is 385 g/mol.